The molecule has 0 radical (unpaired) electrons. The summed E-state index contributed by atoms with van der Waals surface area (Å²) in [7, 11) is 0. The Bertz CT molecular complexity index is 390. The van der Waals surface area contributed by atoms with E-state index in [1.807, 2.05) is 0 Å². The smallest absolute Gasteiger partial charge is 0.390 e. The molecule has 1 rings (SSSR count). The number of hydrogen-bond donors (Lipinski definition) is 2. The second-order valence-electron chi connectivity index (χ2n) is 3.57. The van der Waals surface area contributed by atoms with Gasteiger partial charge in [0, 0.05) is 12.2 Å². The Morgan fingerprint density at radius 2 is 1.89 bits per heavy atom. The summed E-state index contributed by atoms with van der Waals surface area (Å²) in [6, 6.07) is 6.32. The Labute approximate surface area is 102 Å². The molecule has 0 atom stereocenters. The number of carbonyl (C=O) groups is 1. The minimum Gasteiger partial charge on any atom is -0.484 e. The molecule has 0 spiro atoms. The highest BCUT2D eigenvalue weighted by atomic mass is 19.4. The number of amides is 1. The van der Waals surface area contributed by atoms with Gasteiger partial charge in [-0.1, -0.05) is 0 Å². The predicted octanol–water partition coefficient (Wildman–Crippen LogP) is 1.72. The molecule has 0 unspecified atom stereocenters. The molecule has 0 aliphatic carbocycles. The number of nitrogens with one attached hydrogen (secondary N) is 1. The van der Waals surface area contributed by atoms with Gasteiger partial charge in [0.25, 0.3) is 5.91 Å². The lowest BCUT2D eigenvalue weighted by atomic mass is 10.3. The quantitative estimate of drug-likeness (QED) is 0.794. The number of rotatable bonds is 5. The first-order valence-electron chi connectivity index (χ1n) is 5.18. The molecule has 1 aromatic carbocycles. The van der Waals surface area contributed by atoms with E-state index in [2.05, 4.69) is 5.32 Å². The summed E-state index contributed by atoms with van der Waals surface area (Å²) in [5, 5.41) is 2.11. The molecule has 100 valence electrons. The third-order valence-corrected chi connectivity index (χ3v) is 1.98. The second-order valence-corrected chi connectivity index (χ2v) is 3.57. The van der Waals surface area contributed by atoms with Crippen molar-refractivity contribution in [2.24, 2.45) is 0 Å². The van der Waals surface area contributed by atoms with Crippen molar-refractivity contribution in [2.75, 3.05) is 18.9 Å². The van der Waals surface area contributed by atoms with Crippen molar-refractivity contribution < 1.29 is 22.7 Å². The first kappa shape index (κ1) is 14.1. The maximum Gasteiger partial charge on any atom is 0.390 e. The van der Waals surface area contributed by atoms with Crippen LogP contribution in [0.15, 0.2) is 24.3 Å². The zero-order valence-corrected chi connectivity index (χ0v) is 9.46. The van der Waals surface area contributed by atoms with Crippen LogP contribution in [0.4, 0.5) is 18.9 Å². The van der Waals surface area contributed by atoms with Crippen molar-refractivity contribution >= 4 is 11.6 Å². The molecular formula is C11H13F3N2O2. The van der Waals surface area contributed by atoms with Crippen LogP contribution in [0.3, 0.4) is 0 Å². The fourth-order valence-electron chi connectivity index (χ4n) is 1.11. The highest BCUT2D eigenvalue weighted by molar-refractivity contribution is 5.77. The molecule has 1 amide bonds. The van der Waals surface area contributed by atoms with Gasteiger partial charge in [-0.3, -0.25) is 4.79 Å². The van der Waals surface area contributed by atoms with Gasteiger partial charge in [-0.05, 0) is 24.3 Å². The van der Waals surface area contributed by atoms with E-state index in [0.717, 1.165) is 0 Å². The zero-order chi connectivity index (χ0) is 13.6. The third-order valence-electron chi connectivity index (χ3n) is 1.98. The minimum absolute atomic E-state index is 0.332. The number of ether oxygens (including phenoxy) is 1. The van der Waals surface area contributed by atoms with E-state index in [0.29, 0.717) is 11.4 Å². The number of carbonyl (C=O) groups excluding carboxylic acids is 1. The number of nitrogens with two attached hydrogens (primary N) is 1. The van der Waals surface area contributed by atoms with Crippen molar-refractivity contribution in [1.29, 1.82) is 0 Å². The van der Waals surface area contributed by atoms with Crippen LogP contribution < -0.4 is 15.8 Å². The van der Waals surface area contributed by atoms with Gasteiger partial charge in [-0.15, -0.1) is 0 Å². The maximum atomic E-state index is 11.8. The zero-order valence-electron chi connectivity index (χ0n) is 9.46. The van der Waals surface area contributed by atoms with E-state index >= 15 is 0 Å². The summed E-state index contributed by atoms with van der Waals surface area (Å²) < 4.78 is 40.5. The van der Waals surface area contributed by atoms with Crippen LogP contribution in [0.25, 0.3) is 0 Å². The number of hydrogen-bond acceptors (Lipinski definition) is 3. The first-order chi connectivity index (χ1) is 8.37. The maximum absolute atomic E-state index is 11.8. The Morgan fingerprint density at radius 3 is 2.44 bits per heavy atom. The average Bonchev–Trinajstić information content (AvgIpc) is 2.26. The standard InChI is InChI=1S/C11H13F3N2O2/c12-11(13,14)5-6-16-10(17)7-18-9-3-1-8(15)2-4-9/h1-4H,5-7,15H2,(H,16,17). The second kappa shape index (κ2) is 6.13. The number of nitrogen functional groups attached to an aromatic ring is 1. The summed E-state index contributed by atoms with van der Waals surface area (Å²) in [6.45, 7) is -0.783. The van der Waals surface area contributed by atoms with Crippen LogP contribution in [0.1, 0.15) is 6.42 Å². The largest absolute Gasteiger partial charge is 0.484 e. The van der Waals surface area contributed by atoms with Gasteiger partial charge in [0.1, 0.15) is 5.75 Å². The molecule has 3 N–H and O–H groups in total. The van der Waals surface area contributed by atoms with E-state index in [1.165, 1.54) is 0 Å². The molecule has 0 aromatic heterocycles. The Balaban J connectivity index is 2.23. The summed E-state index contributed by atoms with van der Waals surface area (Å²) in [6.07, 6.45) is -5.33. The molecule has 0 fully saturated rings. The van der Waals surface area contributed by atoms with Crippen LogP contribution >= 0.6 is 0 Å². The van der Waals surface area contributed by atoms with E-state index in [4.69, 9.17) is 10.5 Å². The molecule has 0 aliphatic heterocycles. The van der Waals surface area contributed by atoms with Crippen LogP contribution in [-0.4, -0.2) is 25.2 Å². The fraction of sp³-hybridized carbons (Fsp3) is 0.364. The molecule has 4 nitrogen and oxygen atoms in total. The van der Waals surface area contributed by atoms with Crippen LogP contribution in [-0.2, 0) is 4.79 Å². The molecule has 0 heterocycles. The van der Waals surface area contributed by atoms with Crippen LogP contribution in [0, 0.1) is 0 Å². The van der Waals surface area contributed by atoms with Crippen molar-refractivity contribution in [1.82, 2.24) is 5.32 Å². The number of alkyl halides is 3. The molecule has 7 heteroatoms. The van der Waals surface area contributed by atoms with Gasteiger partial charge in [0.2, 0.25) is 0 Å². The predicted molar refractivity (Wildman–Crippen MR) is 60.0 cm³/mol. The fourth-order valence-corrected chi connectivity index (χ4v) is 1.11. The molecular weight excluding hydrogens is 249 g/mol. The third kappa shape index (κ3) is 5.97. The van der Waals surface area contributed by atoms with Crippen LogP contribution in [0.5, 0.6) is 5.75 Å². The Kier molecular flexibility index (Phi) is 4.82. The SMILES string of the molecule is Nc1ccc(OCC(=O)NCCC(F)(F)F)cc1. The van der Waals surface area contributed by atoms with Crippen molar-refractivity contribution in [3.05, 3.63) is 24.3 Å². The van der Waals surface area contributed by atoms with Crippen molar-refractivity contribution in [3.63, 3.8) is 0 Å². The van der Waals surface area contributed by atoms with Crippen molar-refractivity contribution in [2.45, 2.75) is 12.6 Å². The van der Waals surface area contributed by atoms with Gasteiger partial charge < -0.3 is 15.8 Å². The van der Waals surface area contributed by atoms with Gasteiger partial charge in [-0.25, -0.2) is 0 Å². The molecule has 0 aliphatic rings. The molecule has 0 saturated carbocycles. The summed E-state index contributed by atoms with van der Waals surface area (Å²) in [5.74, 6) is -0.175. The number of anilines is 1. The van der Waals surface area contributed by atoms with Gasteiger partial charge in [-0.2, -0.15) is 13.2 Å². The lowest BCUT2D eigenvalue weighted by Gasteiger charge is -2.09. The lowest BCUT2D eigenvalue weighted by molar-refractivity contribution is -0.136. The van der Waals surface area contributed by atoms with Gasteiger partial charge in [0.15, 0.2) is 6.61 Å². The summed E-state index contributed by atoms with van der Waals surface area (Å²) in [4.78, 5) is 11.1. The van der Waals surface area contributed by atoms with Gasteiger partial charge in [0.05, 0.1) is 6.42 Å². The first-order valence-corrected chi connectivity index (χ1v) is 5.18. The number of halogens is 3. The topological polar surface area (TPSA) is 64.3 Å². The molecule has 1 aromatic rings. The van der Waals surface area contributed by atoms with E-state index in [1.54, 1.807) is 24.3 Å². The Morgan fingerprint density at radius 1 is 1.28 bits per heavy atom. The Hall–Kier alpha value is -1.92. The molecule has 18 heavy (non-hydrogen) atoms. The van der Waals surface area contributed by atoms with Crippen LogP contribution in [0.2, 0.25) is 0 Å². The molecule has 0 bridgehead atoms. The molecule has 0 saturated heterocycles. The lowest BCUT2D eigenvalue weighted by Crippen LogP contribution is -2.31. The van der Waals surface area contributed by atoms with Crippen molar-refractivity contribution in [3.8, 4) is 5.75 Å². The monoisotopic (exact) mass is 262 g/mol. The van der Waals surface area contributed by atoms with E-state index in [-0.39, 0.29) is 6.61 Å². The van der Waals surface area contributed by atoms with E-state index < -0.39 is 25.0 Å². The minimum atomic E-state index is -4.27. The van der Waals surface area contributed by atoms with Gasteiger partial charge >= 0.3 is 6.18 Å². The number of benzene rings is 1. The highest BCUT2D eigenvalue weighted by Gasteiger charge is 2.26. The summed E-state index contributed by atoms with van der Waals surface area (Å²) in [5.41, 5.74) is 6.00. The summed E-state index contributed by atoms with van der Waals surface area (Å²) >= 11 is 0. The highest BCUT2D eigenvalue weighted by Crippen LogP contribution is 2.18. The van der Waals surface area contributed by atoms with E-state index in [9.17, 15) is 18.0 Å². The normalized spacial score (nSPS) is 11.1. The average molecular weight is 262 g/mol.